The summed E-state index contributed by atoms with van der Waals surface area (Å²) in [5.74, 6) is -0.235. The van der Waals surface area contributed by atoms with Gasteiger partial charge in [-0.25, -0.2) is 0 Å². The lowest BCUT2D eigenvalue weighted by molar-refractivity contribution is -0.870. The third-order valence-corrected chi connectivity index (χ3v) is 13.3. The van der Waals surface area contributed by atoms with Crippen LogP contribution in [0.5, 0.6) is 0 Å². The van der Waals surface area contributed by atoms with Gasteiger partial charge in [0, 0.05) is 6.42 Å². The fourth-order valence-corrected chi connectivity index (χ4v) is 8.53. The molecule has 0 bridgehead atoms. The van der Waals surface area contributed by atoms with Crippen LogP contribution in [0.2, 0.25) is 0 Å². The molecule has 8 nitrogen and oxygen atoms in total. The Balaban J connectivity index is 4.37. The summed E-state index contributed by atoms with van der Waals surface area (Å²) in [5, 5.41) is 13.9. The van der Waals surface area contributed by atoms with Gasteiger partial charge in [-0.05, 0) is 103 Å². The maximum atomic E-state index is 13.0. The second-order valence-electron chi connectivity index (χ2n) is 20.6. The highest BCUT2D eigenvalue weighted by Crippen LogP contribution is 2.38. The molecule has 0 saturated heterocycles. The first kappa shape index (κ1) is 69.9. The standard InChI is InChI=1S/C64H111N2O6P/c1-6-8-10-12-14-16-18-20-22-24-26-28-30-32-33-34-36-38-40-42-44-46-48-50-52-54-56-58-64(68)65-62(61-72-73(69,70)71-60-59-66(3,4)5)63(67)57-55-53-51-49-47-45-43-41-39-37-35-31-29-27-25-23-21-19-17-15-13-11-9-7-2/h8,10,14,16,20,22,26,28,32-33,36,38-39,41-42,44,47,49,55,57,62-63,67H,6-7,9,11-13,15,17-19,21,23-25,27,29-31,34-35,37,40,43,45-46,48,50-54,56,58-61H2,1-5H3,(H-,65,68,69,70)/b10-8-,16-14-,22-20-,28-26-,33-32-,38-36-,41-39+,44-42-,49-47+,57-55+. The average molecular weight is 1040 g/mol. The molecule has 9 heteroatoms. The number of aliphatic hydroxyl groups excluding tert-OH is 1. The average Bonchev–Trinajstić information content (AvgIpc) is 3.35. The van der Waals surface area contributed by atoms with Crippen molar-refractivity contribution in [2.24, 2.45) is 0 Å². The summed E-state index contributed by atoms with van der Waals surface area (Å²) in [7, 11) is 1.20. The summed E-state index contributed by atoms with van der Waals surface area (Å²) < 4.78 is 23.3. The molecule has 0 aromatic rings. The Morgan fingerprint density at radius 1 is 0.493 bits per heavy atom. The van der Waals surface area contributed by atoms with E-state index in [1.807, 2.05) is 27.2 Å². The predicted molar refractivity (Wildman–Crippen MR) is 315 cm³/mol. The van der Waals surface area contributed by atoms with Crippen LogP contribution in [0.25, 0.3) is 0 Å². The first-order valence-corrected chi connectivity index (χ1v) is 30.9. The quantitative estimate of drug-likeness (QED) is 0.0272. The molecule has 0 rings (SSSR count). The summed E-state index contributed by atoms with van der Waals surface area (Å²) in [6.07, 6.45) is 79.9. The van der Waals surface area contributed by atoms with Gasteiger partial charge in [-0.1, -0.05) is 238 Å². The molecule has 0 aromatic carbocycles. The molecule has 418 valence electrons. The fraction of sp³-hybridized carbons (Fsp3) is 0.672. The normalized spacial score (nSPS) is 14.8. The SMILES string of the molecule is CC/C=C\C/C=C\C/C=C\C/C=C\C/C=C\C/C=C\C/C=C\CCCCCCCC(=O)NC(COP(=O)([O-])OCC[N+](C)(C)C)C(O)/C=C/CC/C=C/CC/C=C/CCCCCCCCCCCCCCCC. The van der Waals surface area contributed by atoms with Gasteiger partial charge in [0.05, 0.1) is 39.9 Å². The first-order chi connectivity index (χ1) is 35.5. The smallest absolute Gasteiger partial charge is 0.268 e. The molecule has 0 aliphatic heterocycles. The number of phosphoric acid groups is 1. The molecule has 0 fully saturated rings. The Kier molecular flexibility index (Phi) is 51.4. The highest BCUT2D eigenvalue weighted by Gasteiger charge is 2.23. The van der Waals surface area contributed by atoms with E-state index in [0.717, 1.165) is 109 Å². The third kappa shape index (κ3) is 56.5. The molecule has 0 aliphatic carbocycles. The summed E-state index contributed by atoms with van der Waals surface area (Å²) in [4.78, 5) is 25.5. The van der Waals surface area contributed by atoms with E-state index in [-0.39, 0.29) is 12.5 Å². The maximum absolute atomic E-state index is 13.0. The van der Waals surface area contributed by atoms with Gasteiger partial charge in [-0.15, -0.1) is 0 Å². The number of likely N-dealkylation sites (N-methyl/N-ethyl adjacent to an activating group) is 1. The second-order valence-corrected chi connectivity index (χ2v) is 22.0. The topological polar surface area (TPSA) is 108 Å². The number of nitrogens with one attached hydrogen (secondary N) is 1. The molecule has 0 heterocycles. The third-order valence-electron chi connectivity index (χ3n) is 12.4. The number of carbonyl (C=O) groups excluding carboxylic acids is 1. The summed E-state index contributed by atoms with van der Waals surface area (Å²) in [5.41, 5.74) is 0. The van der Waals surface area contributed by atoms with Gasteiger partial charge in [0.15, 0.2) is 0 Å². The van der Waals surface area contributed by atoms with E-state index in [4.69, 9.17) is 9.05 Å². The number of nitrogens with zero attached hydrogens (tertiary/aromatic N) is 1. The number of allylic oxidation sites excluding steroid dienone is 19. The van der Waals surface area contributed by atoms with Gasteiger partial charge in [-0.2, -0.15) is 0 Å². The Morgan fingerprint density at radius 2 is 0.849 bits per heavy atom. The van der Waals surface area contributed by atoms with Crippen molar-refractivity contribution in [1.82, 2.24) is 5.32 Å². The zero-order valence-electron chi connectivity index (χ0n) is 47.5. The van der Waals surface area contributed by atoms with Crippen LogP contribution in [0.15, 0.2) is 122 Å². The van der Waals surface area contributed by atoms with Crippen molar-refractivity contribution in [2.45, 2.75) is 238 Å². The van der Waals surface area contributed by atoms with Crippen LogP contribution in [-0.2, 0) is 18.4 Å². The van der Waals surface area contributed by atoms with Crippen molar-refractivity contribution in [1.29, 1.82) is 0 Å². The van der Waals surface area contributed by atoms with Gasteiger partial charge in [-0.3, -0.25) is 9.36 Å². The van der Waals surface area contributed by atoms with E-state index < -0.39 is 26.6 Å². The molecule has 2 N–H and O–H groups in total. The molecule has 73 heavy (non-hydrogen) atoms. The highest BCUT2D eigenvalue weighted by molar-refractivity contribution is 7.45. The summed E-state index contributed by atoms with van der Waals surface area (Å²) in [6.45, 7) is 4.49. The van der Waals surface area contributed by atoms with Crippen molar-refractivity contribution < 1.29 is 32.9 Å². The molecule has 0 spiro atoms. The largest absolute Gasteiger partial charge is 0.756 e. The molecule has 0 saturated carbocycles. The van der Waals surface area contributed by atoms with Crippen molar-refractivity contribution in [3.05, 3.63) is 122 Å². The van der Waals surface area contributed by atoms with Crippen LogP contribution in [0.3, 0.4) is 0 Å². The van der Waals surface area contributed by atoms with Gasteiger partial charge < -0.3 is 28.8 Å². The number of carbonyl (C=O) groups is 1. The van der Waals surface area contributed by atoms with Gasteiger partial charge in [0.25, 0.3) is 7.82 Å². The predicted octanol–water partition coefficient (Wildman–Crippen LogP) is 17.5. The monoisotopic (exact) mass is 1030 g/mol. The minimum absolute atomic E-state index is 0.0201. The van der Waals surface area contributed by atoms with Crippen LogP contribution in [-0.4, -0.2) is 68.5 Å². The van der Waals surface area contributed by atoms with E-state index in [2.05, 4.69) is 129 Å². The number of rotatable bonds is 52. The lowest BCUT2D eigenvalue weighted by Gasteiger charge is -2.29. The van der Waals surface area contributed by atoms with Crippen LogP contribution >= 0.6 is 7.82 Å². The fourth-order valence-electron chi connectivity index (χ4n) is 7.81. The highest BCUT2D eigenvalue weighted by atomic mass is 31.2. The number of unbranched alkanes of at least 4 members (excludes halogenated alkanes) is 21. The number of hydrogen-bond acceptors (Lipinski definition) is 6. The van der Waals surface area contributed by atoms with Crippen molar-refractivity contribution >= 4 is 13.7 Å². The van der Waals surface area contributed by atoms with Crippen molar-refractivity contribution in [2.75, 3.05) is 40.9 Å². The van der Waals surface area contributed by atoms with E-state index in [0.29, 0.717) is 17.4 Å². The molecule has 1 amide bonds. The van der Waals surface area contributed by atoms with Crippen molar-refractivity contribution in [3.63, 3.8) is 0 Å². The van der Waals surface area contributed by atoms with Crippen LogP contribution < -0.4 is 10.2 Å². The Bertz CT molecular complexity index is 1600. The molecule has 0 aliphatic rings. The Labute approximate surface area is 450 Å². The molecular formula is C64H111N2O6P. The minimum atomic E-state index is -4.63. The minimum Gasteiger partial charge on any atom is -0.756 e. The summed E-state index contributed by atoms with van der Waals surface area (Å²) >= 11 is 0. The Hall–Kier alpha value is -3.10. The number of phosphoric ester groups is 1. The van der Waals surface area contributed by atoms with Crippen LogP contribution in [0.4, 0.5) is 0 Å². The maximum Gasteiger partial charge on any atom is 0.268 e. The molecule has 0 radical (unpaired) electrons. The van der Waals surface area contributed by atoms with Crippen LogP contribution in [0, 0.1) is 0 Å². The number of hydrogen-bond donors (Lipinski definition) is 2. The lowest BCUT2D eigenvalue weighted by Crippen LogP contribution is -2.45. The molecule has 0 aromatic heterocycles. The number of amides is 1. The molecular weight excluding hydrogens is 924 g/mol. The summed E-state index contributed by atoms with van der Waals surface area (Å²) in [6, 6.07) is -0.931. The van der Waals surface area contributed by atoms with E-state index in [9.17, 15) is 19.4 Å². The second kappa shape index (κ2) is 53.7. The Morgan fingerprint density at radius 3 is 1.27 bits per heavy atom. The number of quaternary nitrogens is 1. The lowest BCUT2D eigenvalue weighted by atomic mass is 10.0. The van der Waals surface area contributed by atoms with Crippen LogP contribution in [0.1, 0.15) is 226 Å². The van der Waals surface area contributed by atoms with E-state index in [1.54, 1.807) is 6.08 Å². The molecule has 3 unspecified atom stereocenters. The van der Waals surface area contributed by atoms with Gasteiger partial charge in [0.1, 0.15) is 13.2 Å². The van der Waals surface area contributed by atoms with Crippen molar-refractivity contribution in [3.8, 4) is 0 Å². The van der Waals surface area contributed by atoms with E-state index >= 15 is 0 Å². The van der Waals surface area contributed by atoms with E-state index in [1.165, 1.54) is 96.3 Å². The number of aliphatic hydroxyl groups is 1. The first-order valence-electron chi connectivity index (χ1n) is 29.4. The van der Waals surface area contributed by atoms with Gasteiger partial charge in [0.2, 0.25) is 5.91 Å². The zero-order chi connectivity index (χ0) is 53.5. The molecule has 3 atom stereocenters. The zero-order valence-corrected chi connectivity index (χ0v) is 48.4. The van der Waals surface area contributed by atoms with Gasteiger partial charge >= 0.3 is 0 Å².